The van der Waals surface area contributed by atoms with Crippen molar-refractivity contribution >= 4 is 22.5 Å². The van der Waals surface area contributed by atoms with Gasteiger partial charge in [-0.15, -0.1) is 0 Å². The van der Waals surface area contributed by atoms with Crippen molar-refractivity contribution in [2.75, 3.05) is 43.0 Å². The maximum absolute atomic E-state index is 12.7. The SMILES string of the molecule is Cc1nc2ccccc2c(=O)n1NC(=O)CN1CCN(c2ccccc2)CC1. The van der Waals surface area contributed by atoms with Crippen molar-refractivity contribution in [3.05, 3.63) is 70.8 Å². The van der Waals surface area contributed by atoms with E-state index in [1.54, 1.807) is 25.1 Å². The highest BCUT2D eigenvalue weighted by Gasteiger charge is 2.20. The van der Waals surface area contributed by atoms with E-state index in [0.717, 1.165) is 26.2 Å². The van der Waals surface area contributed by atoms with Crippen LogP contribution in [0.5, 0.6) is 0 Å². The molecule has 1 saturated heterocycles. The molecule has 3 aromatic rings. The molecule has 7 nitrogen and oxygen atoms in total. The van der Waals surface area contributed by atoms with E-state index in [1.807, 2.05) is 24.3 Å². The highest BCUT2D eigenvalue weighted by molar-refractivity contribution is 5.86. The summed E-state index contributed by atoms with van der Waals surface area (Å²) in [4.78, 5) is 34.0. The molecule has 28 heavy (non-hydrogen) atoms. The number of anilines is 1. The number of hydrogen-bond donors (Lipinski definition) is 1. The molecule has 4 rings (SSSR count). The molecule has 2 aromatic carbocycles. The van der Waals surface area contributed by atoms with Crippen molar-refractivity contribution in [1.29, 1.82) is 0 Å². The van der Waals surface area contributed by atoms with E-state index >= 15 is 0 Å². The summed E-state index contributed by atoms with van der Waals surface area (Å²) >= 11 is 0. The molecule has 1 fully saturated rings. The minimum absolute atomic E-state index is 0.213. The quantitative estimate of drug-likeness (QED) is 0.748. The van der Waals surface area contributed by atoms with Crippen LogP contribution in [0.1, 0.15) is 5.82 Å². The molecular weight excluding hydrogens is 354 g/mol. The van der Waals surface area contributed by atoms with E-state index in [1.165, 1.54) is 10.4 Å². The van der Waals surface area contributed by atoms with Gasteiger partial charge in [-0.1, -0.05) is 30.3 Å². The smallest absolute Gasteiger partial charge is 0.280 e. The number of hydrogen-bond acceptors (Lipinski definition) is 5. The van der Waals surface area contributed by atoms with Gasteiger partial charge in [-0.2, -0.15) is 0 Å². The third-order valence-electron chi connectivity index (χ3n) is 5.04. The molecule has 2 heterocycles. The summed E-state index contributed by atoms with van der Waals surface area (Å²) in [6.07, 6.45) is 0. The molecule has 0 radical (unpaired) electrons. The number of amides is 1. The lowest BCUT2D eigenvalue weighted by atomic mass is 10.2. The van der Waals surface area contributed by atoms with Crippen LogP contribution in [-0.2, 0) is 4.79 Å². The minimum Gasteiger partial charge on any atom is -0.369 e. The van der Waals surface area contributed by atoms with Crippen LogP contribution in [-0.4, -0.2) is 53.2 Å². The topological polar surface area (TPSA) is 70.5 Å². The summed E-state index contributed by atoms with van der Waals surface area (Å²) in [7, 11) is 0. The van der Waals surface area contributed by atoms with Gasteiger partial charge in [0.05, 0.1) is 17.4 Å². The molecule has 0 bridgehead atoms. The second kappa shape index (κ2) is 7.82. The van der Waals surface area contributed by atoms with Crippen LogP contribution >= 0.6 is 0 Å². The van der Waals surface area contributed by atoms with Crippen LogP contribution in [0.3, 0.4) is 0 Å². The Kier molecular flexibility index (Phi) is 5.08. The standard InChI is InChI=1S/C21H23N5O2/c1-16-22-19-10-6-5-9-18(19)21(28)26(16)23-20(27)15-24-11-13-25(14-12-24)17-7-3-2-4-8-17/h2-10H,11-15H2,1H3,(H,23,27). The number of para-hydroxylation sites is 2. The highest BCUT2D eigenvalue weighted by atomic mass is 16.2. The lowest BCUT2D eigenvalue weighted by Crippen LogP contribution is -2.50. The summed E-state index contributed by atoms with van der Waals surface area (Å²) in [6.45, 7) is 5.30. The summed E-state index contributed by atoms with van der Waals surface area (Å²) in [6, 6.07) is 17.4. The number of piperazine rings is 1. The van der Waals surface area contributed by atoms with Crippen LogP contribution in [0.2, 0.25) is 0 Å². The number of aromatic nitrogens is 2. The lowest BCUT2D eigenvalue weighted by Gasteiger charge is -2.35. The van der Waals surface area contributed by atoms with Crippen LogP contribution in [0.4, 0.5) is 5.69 Å². The molecular formula is C21H23N5O2. The fourth-order valence-electron chi connectivity index (χ4n) is 3.54. The fraction of sp³-hybridized carbons (Fsp3) is 0.286. The third kappa shape index (κ3) is 3.75. The van der Waals surface area contributed by atoms with E-state index < -0.39 is 0 Å². The first-order valence-electron chi connectivity index (χ1n) is 9.42. The van der Waals surface area contributed by atoms with Gasteiger partial charge in [-0.3, -0.25) is 19.9 Å². The molecule has 1 N–H and O–H groups in total. The zero-order valence-electron chi connectivity index (χ0n) is 15.8. The lowest BCUT2D eigenvalue weighted by molar-refractivity contribution is -0.118. The average molecular weight is 377 g/mol. The number of rotatable bonds is 4. The van der Waals surface area contributed by atoms with Crippen molar-refractivity contribution in [2.45, 2.75) is 6.92 Å². The summed E-state index contributed by atoms with van der Waals surface area (Å²) in [5, 5.41) is 0.491. The monoisotopic (exact) mass is 377 g/mol. The van der Waals surface area contributed by atoms with Crippen LogP contribution < -0.4 is 15.9 Å². The van der Waals surface area contributed by atoms with Crippen molar-refractivity contribution in [3.63, 3.8) is 0 Å². The number of benzene rings is 2. The van der Waals surface area contributed by atoms with Gasteiger partial charge < -0.3 is 4.90 Å². The number of aryl methyl sites for hydroxylation is 1. The summed E-state index contributed by atoms with van der Waals surface area (Å²) < 4.78 is 1.24. The Labute approximate surface area is 163 Å². The third-order valence-corrected chi connectivity index (χ3v) is 5.04. The molecule has 0 spiro atoms. The fourth-order valence-corrected chi connectivity index (χ4v) is 3.54. The Bertz CT molecular complexity index is 1040. The van der Waals surface area contributed by atoms with Gasteiger partial charge in [0, 0.05) is 31.9 Å². The predicted molar refractivity (Wildman–Crippen MR) is 110 cm³/mol. The van der Waals surface area contributed by atoms with Crippen LogP contribution in [0.25, 0.3) is 10.9 Å². The first-order valence-corrected chi connectivity index (χ1v) is 9.42. The Morgan fingerprint density at radius 3 is 2.43 bits per heavy atom. The number of fused-ring (bicyclic) bond motifs is 1. The molecule has 0 saturated carbocycles. The maximum Gasteiger partial charge on any atom is 0.280 e. The number of carbonyl (C=O) groups is 1. The predicted octanol–water partition coefficient (Wildman–Crippen LogP) is 1.60. The van der Waals surface area contributed by atoms with Crippen molar-refractivity contribution < 1.29 is 4.79 Å². The van der Waals surface area contributed by atoms with E-state index in [2.05, 4.69) is 32.3 Å². The zero-order chi connectivity index (χ0) is 19.5. The zero-order valence-corrected chi connectivity index (χ0v) is 15.8. The normalized spacial score (nSPS) is 15.0. The molecule has 1 aliphatic heterocycles. The molecule has 0 atom stereocenters. The molecule has 0 aliphatic carbocycles. The van der Waals surface area contributed by atoms with Gasteiger partial charge >= 0.3 is 0 Å². The Morgan fingerprint density at radius 1 is 1.00 bits per heavy atom. The van der Waals surface area contributed by atoms with Crippen LogP contribution in [0.15, 0.2) is 59.4 Å². The average Bonchev–Trinajstić information content (AvgIpc) is 2.72. The molecule has 1 aliphatic rings. The van der Waals surface area contributed by atoms with E-state index in [9.17, 15) is 9.59 Å². The first-order chi connectivity index (χ1) is 13.6. The molecule has 1 amide bonds. The van der Waals surface area contributed by atoms with Crippen molar-refractivity contribution in [1.82, 2.24) is 14.6 Å². The van der Waals surface area contributed by atoms with E-state index in [0.29, 0.717) is 16.7 Å². The maximum atomic E-state index is 12.7. The molecule has 0 unspecified atom stereocenters. The van der Waals surface area contributed by atoms with Gasteiger partial charge in [0.15, 0.2) is 0 Å². The summed E-state index contributed by atoms with van der Waals surface area (Å²) in [5.74, 6) is 0.251. The largest absolute Gasteiger partial charge is 0.369 e. The highest BCUT2D eigenvalue weighted by Crippen LogP contribution is 2.15. The first kappa shape index (κ1) is 18.2. The van der Waals surface area contributed by atoms with Gasteiger partial charge in [0.2, 0.25) is 0 Å². The van der Waals surface area contributed by atoms with E-state index in [4.69, 9.17) is 0 Å². The number of nitrogens with one attached hydrogen (secondary N) is 1. The second-order valence-corrected chi connectivity index (χ2v) is 6.95. The molecule has 1 aromatic heterocycles. The second-order valence-electron chi connectivity index (χ2n) is 6.95. The van der Waals surface area contributed by atoms with Gasteiger partial charge in [0.25, 0.3) is 11.5 Å². The number of nitrogens with zero attached hydrogens (tertiary/aromatic N) is 4. The summed E-state index contributed by atoms with van der Waals surface area (Å²) in [5.41, 5.74) is 4.29. The molecule has 144 valence electrons. The Balaban J connectivity index is 1.39. The minimum atomic E-state index is -0.259. The van der Waals surface area contributed by atoms with Gasteiger partial charge in [0.1, 0.15) is 5.82 Å². The van der Waals surface area contributed by atoms with Gasteiger partial charge in [-0.05, 0) is 31.2 Å². The van der Waals surface area contributed by atoms with Crippen molar-refractivity contribution in [2.24, 2.45) is 0 Å². The van der Waals surface area contributed by atoms with Crippen molar-refractivity contribution in [3.8, 4) is 0 Å². The Hall–Kier alpha value is -3.19. The van der Waals surface area contributed by atoms with Gasteiger partial charge in [-0.25, -0.2) is 9.66 Å². The number of carbonyl (C=O) groups excluding carboxylic acids is 1. The van der Waals surface area contributed by atoms with E-state index in [-0.39, 0.29) is 18.0 Å². The molecule has 7 heteroatoms. The Morgan fingerprint density at radius 2 is 1.68 bits per heavy atom. The van der Waals surface area contributed by atoms with Crippen LogP contribution in [0, 0.1) is 6.92 Å².